The van der Waals surface area contributed by atoms with Gasteiger partial charge in [0.2, 0.25) is 0 Å². The fraction of sp³-hybridized carbons (Fsp3) is 0.111. The molecule has 1 N–H and O–H groups in total. The van der Waals surface area contributed by atoms with Crippen molar-refractivity contribution < 1.29 is 14.3 Å². The third-order valence-corrected chi connectivity index (χ3v) is 2.30. The van der Waals surface area contributed by atoms with Gasteiger partial charge in [0, 0.05) is 5.33 Å². The van der Waals surface area contributed by atoms with Crippen molar-refractivity contribution in [3.8, 4) is 6.07 Å². The molecule has 14 heavy (non-hydrogen) atoms. The van der Waals surface area contributed by atoms with Gasteiger partial charge in [0.25, 0.3) is 0 Å². The first-order chi connectivity index (χ1) is 6.61. The maximum atomic E-state index is 13.4. The highest BCUT2D eigenvalue weighted by molar-refractivity contribution is 9.08. The van der Waals surface area contributed by atoms with Crippen LogP contribution in [0.2, 0.25) is 0 Å². The molecule has 0 saturated carbocycles. The number of halogens is 2. The molecule has 1 rings (SSSR count). The lowest BCUT2D eigenvalue weighted by molar-refractivity contribution is 0.0691. The fourth-order valence-corrected chi connectivity index (χ4v) is 1.46. The number of nitriles is 1. The van der Waals surface area contributed by atoms with E-state index in [4.69, 9.17) is 10.4 Å². The van der Waals surface area contributed by atoms with Crippen molar-refractivity contribution in [2.24, 2.45) is 0 Å². The molecule has 0 atom stereocenters. The Morgan fingerprint density at radius 2 is 2.29 bits per heavy atom. The molecule has 0 aromatic heterocycles. The largest absolute Gasteiger partial charge is 0.478 e. The summed E-state index contributed by atoms with van der Waals surface area (Å²) >= 11 is 3.02. The van der Waals surface area contributed by atoms with Crippen molar-refractivity contribution in [1.29, 1.82) is 5.26 Å². The molecule has 1 aromatic rings. The molecular weight excluding hydrogens is 253 g/mol. The summed E-state index contributed by atoms with van der Waals surface area (Å²) in [4.78, 5) is 10.7. The lowest BCUT2D eigenvalue weighted by atomic mass is 10.0. The van der Waals surface area contributed by atoms with Crippen LogP contribution in [0.25, 0.3) is 0 Å². The number of nitrogens with zero attached hydrogens (tertiary/aromatic N) is 1. The van der Waals surface area contributed by atoms with Gasteiger partial charge in [-0.25, -0.2) is 9.18 Å². The highest BCUT2D eigenvalue weighted by Crippen LogP contribution is 2.19. The Kier molecular flexibility index (Phi) is 3.20. The second-order valence-corrected chi connectivity index (χ2v) is 3.07. The van der Waals surface area contributed by atoms with E-state index in [-0.39, 0.29) is 16.5 Å². The molecule has 3 nitrogen and oxygen atoms in total. The van der Waals surface area contributed by atoms with E-state index in [0.29, 0.717) is 0 Å². The number of aromatic carboxylic acids is 1. The van der Waals surface area contributed by atoms with Crippen LogP contribution in [0.5, 0.6) is 0 Å². The summed E-state index contributed by atoms with van der Waals surface area (Å²) in [6, 6.07) is 4.31. The molecule has 1 aromatic carbocycles. The van der Waals surface area contributed by atoms with Gasteiger partial charge >= 0.3 is 5.97 Å². The summed E-state index contributed by atoms with van der Waals surface area (Å²) in [5.74, 6) is -2.28. The molecule has 0 aliphatic carbocycles. The minimum absolute atomic E-state index is 0.167. The number of alkyl halides is 1. The summed E-state index contributed by atoms with van der Waals surface area (Å²) in [7, 11) is 0. The van der Waals surface area contributed by atoms with E-state index >= 15 is 0 Å². The average molecular weight is 258 g/mol. The molecule has 0 radical (unpaired) electrons. The first-order valence-electron chi connectivity index (χ1n) is 3.62. The summed E-state index contributed by atoms with van der Waals surface area (Å²) < 4.78 is 13.4. The monoisotopic (exact) mass is 257 g/mol. The second kappa shape index (κ2) is 4.20. The number of benzene rings is 1. The third-order valence-electron chi connectivity index (χ3n) is 1.70. The lowest BCUT2D eigenvalue weighted by Gasteiger charge is -2.03. The van der Waals surface area contributed by atoms with E-state index in [0.717, 1.165) is 0 Å². The molecule has 0 saturated heterocycles. The van der Waals surface area contributed by atoms with Gasteiger partial charge in [-0.05, 0) is 11.6 Å². The molecule has 0 spiro atoms. The molecular formula is C9H5BrFNO2. The van der Waals surface area contributed by atoms with Crippen LogP contribution in [0.1, 0.15) is 21.5 Å². The smallest absolute Gasteiger partial charge is 0.340 e. The summed E-state index contributed by atoms with van der Waals surface area (Å²) in [6.45, 7) is 0. The zero-order chi connectivity index (χ0) is 10.7. The Bertz CT molecular complexity index is 426. The lowest BCUT2D eigenvalue weighted by Crippen LogP contribution is -2.06. The third kappa shape index (κ3) is 1.75. The number of carboxylic acids is 1. The molecule has 0 bridgehead atoms. The van der Waals surface area contributed by atoms with Gasteiger partial charge in [-0.1, -0.05) is 22.0 Å². The molecule has 72 valence electrons. The maximum Gasteiger partial charge on any atom is 0.340 e. The van der Waals surface area contributed by atoms with Gasteiger partial charge in [0.05, 0.1) is 5.56 Å². The normalized spacial score (nSPS) is 9.50. The van der Waals surface area contributed by atoms with Gasteiger partial charge in [-0.2, -0.15) is 5.26 Å². The number of hydrogen-bond donors (Lipinski definition) is 1. The molecule has 5 heteroatoms. The number of carbonyl (C=O) groups is 1. The number of carboxylic acid groups (broad SMARTS) is 1. The van der Waals surface area contributed by atoms with Crippen molar-refractivity contribution in [2.45, 2.75) is 5.33 Å². The van der Waals surface area contributed by atoms with E-state index in [9.17, 15) is 9.18 Å². The van der Waals surface area contributed by atoms with Gasteiger partial charge < -0.3 is 5.11 Å². The zero-order valence-electron chi connectivity index (χ0n) is 6.92. The van der Waals surface area contributed by atoms with Crippen molar-refractivity contribution in [2.75, 3.05) is 0 Å². The molecule has 0 fully saturated rings. The summed E-state index contributed by atoms with van der Waals surface area (Å²) in [5, 5.41) is 17.5. The van der Waals surface area contributed by atoms with Crippen LogP contribution >= 0.6 is 15.9 Å². The quantitative estimate of drug-likeness (QED) is 0.828. The first kappa shape index (κ1) is 10.7. The standard InChI is InChI=1S/C9H5BrFNO2/c10-3-5-1-2-6(4-12)7(8(5)11)9(13)14/h1-2H,3H2,(H,13,14). The van der Waals surface area contributed by atoms with Crippen LogP contribution in [0, 0.1) is 17.1 Å². The number of rotatable bonds is 2. The topological polar surface area (TPSA) is 61.1 Å². The summed E-state index contributed by atoms with van der Waals surface area (Å²) in [6.07, 6.45) is 0. The predicted octanol–water partition coefficient (Wildman–Crippen LogP) is 2.29. The highest BCUT2D eigenvalue weighted by atomic mass is 79.9. The first-order valence-corrected chi connectivity index (χ1v) is 4.74. The predicted molar refractivity (Wildman–Crippen MR) is 50.7 cm³/mol. The van der Waals surface area contributed by atoms with Crippen LogP contribution < -0.4 is 0 Å². The zero-order valence-corrected chi connectivity index (χ0v) is 8.51. The van der Waals surface area contributed by atoms with Crippen LogP contribution in [0.4, 0.5) is 4.39 Å². The van der Waals surface area contributed by atoms with E-state index in [2.05, 4.69) is 15.9 Å². The Balaban J connectivity index is 3.49. The van der Waals surface area contributed by atoms with Crippen LogP contribution in [-0.2, 0) is 5.33 Å². The van der Waals surface area contributed by atoms with E-state index in [1.165, 1.54) is 12.1 Å². The fourth-order valence-electron chi connectivity index (χ4n) is 1.02. The van der Waals surface area contributed by atoms with Gasteiger partial charge in [0.1, 0.15) is 17.4 Å². The second-order valence-electron chi connectivity index (χ2n) is 2.51. The Labute approximate surface area is 87.9 Å². The van der Waals surface area contributed by atoms with Gasteiger partial charge in [0.15, 0.2) is 0 Å². The Morgan fingerprint density at radius 1 is 1.64 bits per heavy atom. The van der Waals surface area contributed by atoms with Crippen molar-refractivity contribution in [3.63, 3.8) is 0 Å². The molecule has 0 aliphatic rings. The van der Waals surface area contributed by atoms with Crippen LogP contribution in [-0.4, -0.2) is 11.1 Å². The molecule has 0 aliphatic heterocycles. The average Bonchev–Trinajstić information content (AvgIpc) is 2.16. The van der Waals surface area contributed by atoms with Gasteiger partial charge in [-0.15, -0.1) is 0 Å². The van der Waals surface area contributed by atoms with E-state index in [1.807, 2.05) is 0 Å². The van der Waals surface area contributed by atoms with Gasteiger partial charge in [-0.3, -0.25) is 0 Å². The summed E-state index contributed by atoms with van der Waals surface area (Å²) in [5.41, 5.74) is -0.509. The minimum atomic E-state index is -1.43. The molecule has 0 amide bonds. The minimum Gasteiger partial charge on any atom is -0.478 e. The van der Waals surface area contributed by atoms with E-state index in [1.54, 1.807) is 6.07 Å². The van der Waals surface area contributed by atoms with Crippen molar-refractivity contribution in [1.82, 2.24) is 0 Å². The molecule has 0 unspecified atom stereocenters. The van der Waals surface area contributed by atoms with E-state index < -0.39 is 17.3 Å². The molecule has 0 heterocycles. The SMILES string of the molecule is N#Cc1ccc(CBr)c(F)c1C(=O)O. The number of hydrogen-bond acceptors (Lipinski definition) is 2. The Morgan fingerprint density at radius 3 is 2.71 bits per heavy atom. The maximum absolute atomic E-state index is 13.4. The van der Waals surface area contributed by atoms with Crippen LogP contribution in [0.3, 0.4) is 0 Å². The van der Waals surface area contributed by atoms with Crippen molar-refractivity contribution in [3.05, 3.63) is 34.6 Å². The highest BCUT2D eigenvalue weighted by Gasteiger charge is 2.18. The Hall–Kier alpha value is -1.41. The van der Waals surface area contributed by atoms with Crippen LogP contribution in [0.15, 0.2) is 12.1 Å². The van der Waals surface area contributed by atoms with Crippen molar-refractivity contribution >= 4 is 21.9 Å².